The van der Waals surface area contributed by atoms with Gasteiger partial charge in [0.25, 0.3) is 0 Å². The van der Waals surface area contributed by atoms with Crippen molar-refractivity contribution in [3.05, 3.63) is 23.4 Å². The van der Waals surface area contributed by atoms with E-state index >= 15 is 0 Å². The van der Waals surface area contributed by atoms with Gasteiger partial charge in [-0.15, -0.1) is 0 Å². The van der Waals surface area contributed by atoms with Crippen LogP contribution in [0.4, 0.5) is 5.82 Å². The van der Waals surface area contributed by atoms with Crippen molar-refractivity contribution in [3.8, 4) is 0 Å². The smallest absolute Gasteiger partial charge is 0.129 e. The number of anilines is 1. The van der Waals surface area contributed by atoms with Gasteiger partial charge in [-0.2, -0.15) is 0 Å². The third kappa shape index (κ3) is 2.73. The van der Waals surface area contributed by atoms with Gasteiger partial charge < -0.3 is 15.7 Å². The van der Waals surface area contributed by atoms with Crippen LogP contribution in [0.3, 0.4) is 0 Å². The molecule has 0 aromatic carbocycles. The van der Waals surface area contributed by atoms with E-state index in [0.29, 0.717) is 11.5 Å². The fourth-order valence-electron chi connectivity index (χ4n) is 2.10. The third-order valence-electron chi connectivity index (χ3n) is 3.00. The lowest BCUT2D eigenvalue weighted by molar-refractivity contribution is 0.0839. The summed E-state index contributed by atoms with van der Waals surface area (Å²) in [4.78, 5) is 6.91. The SMILES string of the molecule is Cc1cc(C(N)=S)cc(N2CCC(C)(O)C2)n1. The van der Waals surface area contributed by atoms with Crippen LogP contribution in [0.5, 0.6) is 0 Å². The Kier molecular flexibility index (Phi) is 3.05. The largest absolute Gasteiger partial charge is 0.389 e. The predicted molar refractivity (Wildman–Crippen MR) is 72.3 cm³/mol. The number of thiocarbonyl (C=S) groups is 1. The molecule has 1 aliphatic rings. The monoisotopic (exact) mass is 251 g/mol. The number of rotatable bonds is 2. The normalized spacial score (nSPS) is 24.1. The number of pyridine rings is 1. The Bertz CT molecular complexity index is 459. The second kappa shape index (κ2) is 4.23. The molecule has 3 N–H and O–H groups in total. The van der Waals surface area contributed by atoms with Crippen LogP contribution in [-0.2, 0) is 0 Å². The van der Waals surface area contributed by atoms with Crippen molar-refractivity contribution in [2.75, 3.05) is 18.0 Å². The number of hydrogen-bond acceptors (Lipinski definition) is 4. The molecule has 0 aliphatic carbocycles. The van der Waals surface area contributed by atoms with Gasteiger partial charge >= 0.3 is 0 Å². The lowest BCUT2D eigenvalue weighted by Crippen LogP contribution is -2.30. The Hall–Kier alpha value is -1.20. The molecule has 1 aromatic heterocycles. The van der Waals surface area contributed by atoms with Crippen molar-refractivity contribution in [2.24, 2.45) is 5.73 Å². The molecule has 2 rings (SSSR count). The van der Waals surface area contributed by atoms with Crippen LogP contribution >= 0.6 is 12.2 Å². The van der Waals surface area contributed by atoms with Gasteiger partial charge in [-0.3, -0.25) is 0 Å². The second-order valence-corrected chi connectivity index (χ2v) is 5.33. The minimum absolute atomic E-state index is 0.378. The van der Waals surface area contributed by atoms with E-state index in [1.807, 2.05) is 26.0 Å². The van der Waals surface area contributed by atoms with Crippen molar-refractivity contribution < 1.29 is 5.11 Å². The average Bonchev–Trinajstić information content (AvgIpc) is 2.58. The Balaban J connectivity index is 2.30. The topological polar surface area (TPSA) is 62.4 Å². The Morgan fingerprint density at radius 3 is 2.82 bits per heavy atom. The van der Waals surface area contributed by atoms with E-state index in [1.165, 1.54) is 0 Å². The maximum absolute atomic E-state index is 9.95. The molecule has 4 nitrogen and oxygen atoms in total. The number of β-amino-alcohol motifs (C(OH)–C–C–N with tert-alkyl or cyclic N) is 1. The Morgan fingerprint density at radius 2 is 2.29 bits per heavy atom. The zero-order valence-electron chi connectivity index (χ0n) is 10.1. The van der Waals surface area contributed by atoms with Crippen molar-refractivity contribution in [1.29, 1.82) is 0 Å². The van der Waals surface area contributed by atoms with Gasteiger partial charge in [-0.1, -0.05) is 12.2 Å². The molecule has 1 fully saturated rings. The number of nitrogens with two attached hydrogens (primary N) is 1. The molecule has 0 saturated carbocycles. The highest BCUT2D eigenvalue weighted by molar-refractivity contribution is 7.80. The van der Waals surface area contributed by atoms with Crippen LogP contribution in [0.25, 0.3) is 0 Å². The highest BCUT2D eigenvalue weighted by atomic mass is 32.1. The van der Waals surface area contributed by atoms with E-state index < -0.39 is 5.60 Å². The number of aliphatic hydroxyl groups is 1. The molecule has 1 saturated heterocycles. The molecular weight excluding hydrogens is 234 g/mol. The minimum atomic E-state index is -0.630. The molecule has 0 amide bonds. The highest BCUT2D eigenvalue weighted by Gasteiger charge is 2.32. The van der Waals surface area contributed by atoms with E-state index in [9.17, 15) is 5.11 Å². The molecule has 17 heavy (non-hydrogen) atoms. The van der Waals surface area contributed by atoms with Gasteiger partial charge in [0.05, 0.1) is 5.60 Å². The first-order valence-corrected chi connectivity index (χ1v) is 6.04. The third-order valence-corrected chi connectivity index (χ3v) is 3.24. The van der Waals surface area contributed by atoms with Crippen LogP contribution < -0.4 is 10.6 Å². The fraction of sp³-hybridized carbons (Fsp3) is 0.500. The molecule has 1 unspecified atom stereocenters. The summed E-state index contributed by atoms with van der Waals surface area (Å²) in [7, 11) is 0. The molecule has 2 heterocycles. The first-order chi connectivity index (χ1) is 7.87. The molecule has 5 heteroatoms. The second-order valence-electron chi connectivity index (χ2n) is 4.89. The fourth-order valence-corrected chi connectivity index (χ4v) is 2.21. The minimum Gasteiger partial charge on any atom is -0.389 e. The summed E-state index contributed by atoms with van der Waals surface area (Å²) in [5, 5.41) is 9.95. The van der Waals surface area contributed by atoms with Crippen molar-refractivity contribution in [1.82, 2.24) is 4.98 Å². The first-order valence-electron chi connectivity index (χ1n) is 5.63. The predicted octanol–water partition coefficient (Wildman–Crippen LogP) is 0.985. The molecule has 1 aromatic rings. The van der Waals surface area contributed by atoms with Crippen LogP contribution in [0, 0.1) is 6.92 Å². The standard InChI is InChI=1S/C12H17N3OS/c1-8-5-9(11(13)17)6-10(14-8)15-4-3-12(2,16)7-15/h5-6,16H,3-4,7H2,1-2H3,(H2,13,17). The van der Waals surface area contributed by atoms with E-state index in [-0.39, 0.29) is 0 Å². The van der Waals surface area contributed by atoms with Crippen LogP contribution in [0.2, 0.25) is 0 Å². The summed E-state index contributed by atoms with van der Waals surface area (Å²) in [6.07, 6.45) is 0.755. The summed E-state index contributed by atoms with van der Waals surface area (Å²) in [5.74, 6) is 0.838. The summed E-state index contributed by atoms with van der Waals surface area (Å²) in [5.41, 5.74) is 6.72. The van der Waals surface area contributed by atoms with Gasteiger partial charge in [0.15, 0.2) is 0 Å². The lowest BCUT2D eigenvalue weighted by atomic mass is 10.1. The van der Waals surface area contributed by atoms with Gasteiger partial charge in [0, 0.05) is 24.3 Å². The van der Waals surface area contributed by atoms with E-state index in [4.69, 9.17) is 18.0 Å². The Labute approximate surface area is 106 Å². The quantitative estimate of drug-likeness (QED) is 0.767. The maximum Gasteiger partial charge on any atom is 0.129 e. The lowest BCUT2D eigenvalue weighted by Gasteiger charge is -2.20. The average molecular weight is 251 g/mol. The van der Waals surface area contributed by atoms with Crippen molar-refractivity contribution in [3.63, 3.8) is 0 Å². The number of aromatic nitrogens is 1. The van der Waals surface area contributed by atoms with E-state index in [2.05, 4.69) is 9.88 Å². The Morgan fingerprint density at radius 1 is 1.59 bits per heavy atom. The van der Waals surface area contributed by atoms with Crippen molar-refractivity contribution in [2.45, 2.75) is 25.9 Å². The van der Waals surface area contributed by atoms with Crippen LogP contribution in [-0.4, -0.2) is 33.8 Å². The zero-order chi connectivity index (χ0) is 12.6. The van der Waals surface area contributed by atoms with E-state index in [1.54, 1.807) is 0 Å². The van der Waals surface area contributed by atoms with Crippen LogP contribution in [0.1, 0.15) is 24.6 Å². The summed E-state index contributed by atoms with van der Waals surface area (Å²) in [6.45, 7) is 5.16. The molecule has 1 aliphatic heterocycles. The molecule has 1 atom stereocenters. The van der Waals surface area contributed by atoms with E-state index in [0.717, 1.165) is 30.0 Å². The number of aryl methyl sites for hydroxylation is 1. The molecule has 92 valence electrons. The first kappa shape index (κ1) is 12.3. The molecule has 0 bridgehead atoms. The number of hydrogen-bond donors (Lipinski definition) is 2. The van der Waals surface area contributed by atoms with Crippen molar-refractivity contribution >= 4 is 23.0 Å². The molecular formula is C12H17N3OS. The molecule has 0 spiro atoms. The summed E-state index contributed by atoms with van der Waals surface area (Å²) in [6, 6.07) is 3.76. The number of nitrogens with zero attached hydrogens (tertiary/aromatic N) is 2. The van der Waals surface area contributed by atoms with Gasteiger partial charge in [-0.05, 0) is 32.4 Å². The zero-order valence-corrected chi connectivity index (χ0v) is 10.9. The highest BCUT2D eigenvalue weighted by Crippen LogP contribution is 2.25. The molecule has 0 radical (unpaired) electrons. The van der Waals surface area contributed by atoms with Gasteiger partial charge in [0.1, 0.15) is 10.8 Å². The summed E-state index contributed by atoms with van der Waals surface area (Å²) < 4.78 is 0. The van der Waals surface area contributed by atoms with Gasteiger partial charge in [0.2, 0.25) is 0 Å². The van der Waals surface area contributed by atoms with Crippen LogP contribution in [0.15, 0.2) is 12.1 Å². The maximum atomic E-state index is 9.95. The summed E-state index contributed by atoms with van der Waals surface area (Å²) >= 11 is 4.98. The van der Waals surface area contributed by atoms with Gasteiger partial charge in [-0.25, -0.2) is 4.98 Å².